The molecule has 3 rings (SSSR count). The molecular weight excluding hydrogens is 408 g/mol. The lowest BCUT2D eigenvalue weighted by Crippen LogP contribution is -2.44. The quantitative estimate of drug-likeness (QED) is 0.763. The van der Waals surface area contributed by atoms with E-state index in [2.05, 4.69) is 21.2 Å². The number of ether oxygens (including phenoxy) is 1. The lowest BCUT2D eigenvalue weighted by molar-refractivity contribution is -0.137. The largest absolute Gasteiger partial charge is 0.484 e. The minimum absolute atomic E-state index is 0.0152. The highest BCUT2D eigenvalue weighted by molar-refractivity contribution is 9.10. The van der Waals surface area contributed by atoms with Crippen LogP contribution in [0.25, 0.3) is 0 Å². The summed E-state index contributed by atoms with van der Waals surface area (Å²) in [7, 11) is 0. The van der Waals surface area contributed by atoms with Gasteiger partial charge in [0.2, 0.25) is 5.91 Å². The Balaban J connectivity index is 1.40. The summed E-state index contributed by atoms with van der Waals surface area (Å²) in [4.78, 5) is 26.5. The highest BCUT2D eigenvalue weighted by atomic mass is 79.9. The fourth-order valence-electron chi connectivity index (χ4n) is 3.11. The van der Waals surface area contributed by atoms with E-state index in [0.717, 1.165) is 10.0 Å². The molecule has 1 aliphatic rings. The third-order valence-electron chi connectivity index (χ3n) is 4.69. The maximum Gasteiger partial charge on any atom is 0.260 e. The molecule has 1 N–H and O–H groups in total. The summed E-state index contributed by atoms with van der Waals surface area (Å²) >= 11 is 3.38. The predicted molar refractivity (Wildman–Crippen MR) is 107 cm³/mol. The molecule has 5 nitrogen and oxygen atoms in total. The molecule has 1 aliphatic heterocycles. The fraction of sp³-hybridized carbons (Fsp3) is 0.333. The number of nitrogens with one attached hydrogen (secondary N) is 1. The molecule has 27 heavy (non-hydrogen) atoms. The minimum atomic E-state index is -0.0434. The molecule has 1 heterocycles. The zero-order valence-corrected chi connectivity index (χ0v) is 16.7. The zero-order valence-electron chi connectivity index (χ0n) is 15.1. The summed E-state index contributed by atoms with van der Waals surface area (Å²) in [6.07, 6.45) is 1.37. The Morgan fingerprint density at radius 3 is 2.52 bits per heavy atom. The molecule has 2 aromatic rings. The second-order valence-electron chi connectivity index (χ2n) is 6.60. The number of hydrogen-bond acceptors (Lipinski definition) is 3. The molecular formula is C21H23BrN2O3. The number of likely N-dealkylation sites (tertiary alicyclic amines) is 1. The molecule has 0 unspecified atom stereocenters. The highest BCUT2D eigenvalue weighted by Crippen LogP contribution is 2.20. The van der Waals surface area contributed by atoms with Crippen molar-refractivity contribution in [3.8, 4) is 5.75 Å². The Morgan fingerprint density at radius 2 is 1.81 bits per heavy atom. The Bertz CT molecular complexity index is 774. The van der Waals surface area contributed by atoms with Crippen molar-refractivity contribution in [1.82, 2.24) is 10.2 Å². The highest BCUT2D eigenvalue weighted by Gasteiger charge is 2.27. The molecule has 0 aliphatic carbocycles. The zero-order chi connectivity index (χ0) is 19.1. The molecule has 1 saturated heterocycles. The van der Waals surface area contributed by atoms with Crippen molar-refractivity contribution in [1.29, 1.82) is 0 Å². The van der Waals surface area contributed by atoms with Gasteiger partial charge < -0.3 is 15.0 Å². The number of nitrogens with zero attached hydrogens (tertiary/aromatic N) is 1. The van der Waals surface area contributed by atoms with E-state index in [-0.39, 0.29) is 24.3 Å². The first-order chi connectivity index (χ1) is 13.1. The Labute approximate surface area is 167 Å². The van der Waals surface area contributed by atoms with Crippen LogP contribution in [0.15, 0.2) is 59.1 Å². The van der Waals surface area contributed by atoms with E-state index in [1.54, 1.807) is 4.90 Å². The average Bonchev–Trinajstić information content (AvgIpc) is 2.71. The molecule has 0 saturated carbocycles. The number of benzene rings is 2. The number of piperidine rings is 1. The van der Waals surface area contributed by atoms with Crippen LogP contribution < -0.4 is 10.1 Å². The van der Waals surface area contributed by atoms with E-state index < -0.39 is 0 Å². The number of hydrogen-bond donors (Lipinski definition) is 1. The van der Waals surface area contributed by atoms with Crippen LogP contribution in [-0.4, -0.2) is 36.4 Å². The van der Waals surface area contributed by atoms with Gasteiger partial charge in [-0.05, 0) is 36.6 Å². The summed E-state index contributed by atoms with van der Waals surface area (Å²) in [6.45, 7) is 1.73. The van der Waals surface area contributed by atoms with Gasteiger partial charge in [0.1, 0.15) is 5.75 Å². The van der Waals surface area contributed by atoms with Gasteiger partial charge in [-0.3, -0.25) is 9.59 Å². The van der Waals surface area contributed by atoms with Crippen LogP contribution in [-0.2, 0) is 16.1 Å². The number of halogens is 1. The molecule has 0 radical (unpaired) electrons. The van der Waals surface area contributed by atoms with Crippen molar-refractivity contribution in [2.24, 2.45) is 5.92 Å². The monoisotopic (exact) mass is 430 g/mol. The average molecular weight is 431 g/mol. The van der Waals surface area contributed by atoms with Gasteiger partial charge in [0.15, 0.2) is 6.61 Å². The van der Waals surface area contributed by atoms with Crippen molar-refractivity contribution in [3.63, 3.8) is 0 Å². The third kappa shape index (κ3) is 5.82. The van der Waals surface area contributed by atoms with E-state index in [9.17, 15) is 9.59 Å². The van der Waals surface area contributed by atoms with Gasteiger partial charge in [-0.15, -0.1) is 0 Å². The van der Waals surface area contributed by atoms with Gasteiger partial charge in [0.25, 0.3) is 5.91 Å². The number of amides is 2. The third-order valence-corrected chi connectivity index (χ3v) is 5.18. The molecule has 0 spiro atoms. The predicted octanol–water partition coefficient (Wildman–Crippen LogP) is 3.38. The van der Waals surface area contributed by atoms with Crippen LogP contribution in [0.2, 0.25) is 0 Å². The van der Waals surface area contributed by atoms with E-state index >= 15 is 0 Å². The normalized spacial score (nSPS) is 14.6. The molecule has 2 amide bonds. The maximum absolute atomic E-state index is 12.3. The van der Waals surface area contributed by atoms with Crippen molar-refractivity contribution in [2.45, 2.75) is 19.4 Å². The first-order valence-electron chi connectivity index (χ1n) is 9.09. The van der Waals surface area contributed by atoms with Gasteiger partial charge in [-0.1, -0.05) is 52.3 Å². The van der Waals surface area contributed by atoms with Gasteiger partial charge >= 0.3 is 0 Å². The first kappa shape index (κ1) is 19.4. The second kappa shape index (κ2) is 9.55. The summed E-state index contributed by atoms with van der Waals surface area (Å²) in [6, 6.07) is 17.3. The smallest absolute Gasteiger partial charge is 0.260 e. The standard InChI is InChI=1S/C21H23BrN2O3/c22-18-7-4-8-19(13-18)27-15-20(25)24-11-9-17(10-12-24)21(26)23-14-16-5-2-1-3-6-16/h1-8,13,17H,9-12,14-15H2,(H,23,26). The van der Waals surface area contributed by atoms with E-state index in [4.69, 9.17) is 4.74 Å². The summed E-state index contributed by atoms with van der Waals surface area (Å²) in [5.41, 5.74) is 1.09. The van der Waals surface area contributed by atoms with Crippen LogP contribution in [0.5, 0.6) is 5.75 Å². The number of carbonyl (C=O) groups is 2. The summed E-state index contributed by atoms with van der Waals surface area (Å²) < 4.78 is 6.48. The van der Waals surface area contributed by atoms with E-state index in [1.807, 2.05) is 54.6 Å². The number of rotatable bonds is 6. The molecule has 0 bridgehead atoms. The van der Waals surface area contributed by atoms with E-state index in [1.165, 1.54) is 0 Å². The van der Waals surface area contributed by atoms with Crippen molar-refractivity contribution >= 4 is 27.7 Å². The summed E-state index contributed by atoms with van der Waals surface area (Å²) in [5, 5.41) is 2.99. The first-order valence-corrected chi connectivity index (χ1v) is 9.89. The molecule has 6 heteroatoms. The van der Waals surface area contributed by atoms with Crippen LogP contribution in [0.4, 0.5) is 0 Å². The lowest BCUT2D eigenvalue weighted by Gasteiger charge is -2.31. The van der Waals surface area contributed by atoms with Gasteiger partial charge in [-0.25, -0.2) is 0 Å². The molecule has 1 fully saturated rings. The Kier molecular flexibility index (Phi) is 6.87. The second-order valence-corrected chi connectivity index (χ2v) is 7.52. The van der Waals surface area contributed by atoms with Crippen molar-refractivity contribution < 1.29 is 14.3 Å². The van der Waals surface area contributed by atoms with E-state index in [0.29, 0.717) is 38.2 Å². The van der Waals surface area contributed by atoms with Crippen LogP contribution in [0, 0.1) is 5.92 Å². The fourth-order valence-corrected chi connectivity index (χ4v) is 3.49. The topological polar surface area (TPSA) is 58.6 Å². The molecule has 0 atom stereocenters. The van der Waals surface area contributed by atoms with Crippen LogP contribution in [0.3, 0.4) is 0 Å². The molecule has 0 aromatic heterocycles. The maximum atomic E-state index is 12.3. The van der Waals surface area contributed by atoms with Crippen LogP contribution in [0.1, 0.15) is 18.4 Å². The van der Waals surface area contributed by atoms with Crippen molar-refractivity contribution in [3.05, 3.63) is 64.6 Å². The Morgan fingerprint density at radius 1 is 1.07 bits per heavy atom. The van der Waals surface area contributed by atoms with Gasteiger partial charge in [-0.2, -0.15) is 0 Å². The van der Waals surface area contributed by atoms with Crippen molar-refractivity contribution in [2.75, 3.05) is 19.7 Å². The molecule has 2 aromatic carbocycles. The minimum Gasteiger partial charge on any atom is -0.484 e. The summed E-state index contributed by atoms with van der Waals surface area (Å²) in [5.74, 6) is 0.645. The molecule has 142 valence electrons. The lowest BCUT2D eigenvalue weighted by atomic mass is 9.96. The Hall–Kier alpha value is -2.34. The number of carbonyl (C=O) groups excluding carboxylic acids is 2. The van der Waals surface area contributed by atoms with Gasteiger partial charge in [0, 0.05) is 30.0 Å². The van der Waals surface area contributed by atoms with Crippen LogP contribution >= 0.6 is 15.9 Å². The van der Waals surface area contributed by atoms with Gasteiger partial charge in [0.05, 0.1) is 0 Å². The SMILES string of the molecule is O=C(NCc1ccccc1)C1CCN(C(=O)COc2cccc(Br)c2)CC1.